The Labute approximate surface area is 219 Å². The molecule has 0 spiro atoms. The van der Waals surface area contributed by atoms with E-state index < -0.39 is 0 Å². The minimum absolute atomic E-state index is 0.0122. The summed E-state index contributed by atoms with van der Waals surface area (Å²) in [5.41, 5.74) is 7.98. The second-order valence-corrected chi connectivity index (χ2v) is 15.1. The first kappa shape index (κ1) is 26.3. The van der Waals surface area contributed by atoms with Crippen molar-refractivity contribution in [3.8, 4) is 0 Å². The molecule has 0 unspecified atom stereocenters. The van der Waals surface area contributed by atoms with Crippen LogP contribution in [0.25, 0.3) is 0 Å². The summed E-state index contributed by atoms with van der Waals surface area (Å²) in [4.78, 5) is 25.0. The number of nitrogens with two attached hydrogens (primary N) is 1. The lowest BCUT2D eigenvalue weighted by molar-refractivity contribution is -0.212. The molecule has 5 aliphatic carbocycles. The van der Waals surface area contributed by atoms with Gasteiger partial charge in [-0.25, -0.2) is 0 Å². The summed E-state index contributed by atoms with van der Waals surface area (Å²) in [6.45, 7) is 18.8. The van der Waals surface area contributed by atoms with Crippen LogP contribution in [-0.4, -0.2) is 18.0 Å². The highest BCUT2D eigenvalue weighted by atomic mass is 16.5. The Morgan fingerprint density at radius 3 is 2.25 bits per heavy atom. The molecule has 0 aromatic carbocycles. The third-order valence-corrected chi connectivity index (χ3v) is 13.7. The Morgan fingerprint density at radius 2 is 1.61 bits per heavy atom. The van der Waals surface area contributed by atoms with Gasteiger partial charge in [0.15, 0.2) is 0 Å². The van der Waals surface area contributed by atoms with Gasteiger partial charge in [-0.2, -0.15) is 0 Å². The molecule has 0 bridgehead atoms. The first-order chi connectivity index (χ1) is 16.6. The van der Waals surface area contributed by atoms with Crippen LogP contribution in [0.3, 0.4) is 0 Å². The smallest absolute Gasteiger partial charge is 0.302 e. The highest BCUT2D eigenvalue weighted by molar-refractivity contribution is 5.82. The molecule has 1 amide bonds. The Balaban J connectivity index is 1.56. The molecule has 4 saturated carbocycles. The van der Waals surface area contributed by atoms with Crippen molar-refractivity contribution in [1.82, 2.24) is 0 Å². The highest BCUT2D eigenvalue weighted by Gasteiger charge is 2.69. The maximum Gasteiger partial charge on any atom is 0.302 e. The lowest BCUT2D eigenvalue weighted by Crippen LogP contribution is -2.66. The molecule has 4 nitrogen and oxygen atoms in total. The number of esters is 1. The molecule has 0 aliphatic heterocycles. The predicted octanol–water partition coefficient (Wildman–Crippen LogP) is 7.06. The van der Waals surface area contributed by atoms with E-state index in [1.54, 1.807) is 12.5 Å². The van der Waals surface area contributed by atoms with Crippen molar-refractivity contribution in [3.63, 3.8) is 0 Å². The molecule has 0 aromatic rings. The van der Waals surface area contributed by atoms with Gasteiger partial charge < -0.3 is 10.5 Å². The fraction of sp³-hybridized carbons (Fsp3) is 0.875. The van der Waals surface area contributed by atoms with Gasteiger partial charge in [-0.1, -0.05) is 60.1 Å². The van der Waals surface area contributed by atoms with Crippen LogP contribution in [0.2, 0.25) is 0 Å². The Morgan fingerprint density at radius 1 is 0.917 bits per heavy atom. The lowest BCUT2D eigenvalue weighted by atomic mass is 9.33. The van der Waals surface area contributed by atoms with Crippen molar-refractivity contribution in [1.29, 1.82) is 0 Å². The van der Waals surface area contributed by atoms with Crippen LogP contribution in [0.5, 0.6) is 0 Å². The van der Waals surface area contributed by atoms with Crippen molar-refractivity contribution < 1.29 is 14.3 Å². The summed E-state index contributed by atoms with van der Waals surface area (Å²) in [5, 5.41) is 0. The largest absolute Gasteiger partial charge is 0.462 e. The quantitative estimate of drug-likeness (QED) is 0.328. The second-order valence-electron chi connectivity index (χ2n) is 15.1. The minimum Gasteiger partial charge on any atom is -0.462 e. The molecule has 4 heteroatoms. The molecule has 10 atom stereocenters. The van der Waals surface area contributed by atoms with Crippen LogP contribution in [0.15, 0.2) is 11.6 Å². The standard InChI is InChI=1S/C32H51NO3/c1-19-11-16-32(27(33)35)18-17-30(7)22(26(32)20(19)2)9-10-24-29(6)14-13-25(36-21(3)34)28(4,5)23(29)12-15-31(24,30)8/h9,19-20,23-26H,10-18H2,1-8H3,(H2,33,35)/t19-,20+,23+,24-,25+,26+,29+,30-,31-,32+/m1/s1. The molecular formula is C32H51NO3. The number of carbonyl (C=O) groups excluding carboxylic acids is 2. The van der Waals surface area contributed by atoms with Gasteiger partial charge in [0.05, 0.1) is 5.41 Å². The van der Waals surface area contributed by atoms with Gasteiger partial charge in [0.2, 0.25) is 5.91 Å². The van der Waals surface area contributed by atoms with E-state index >= 15 is 0 Å². The number of allylic oxidation sites excluding steroid dienone is 2. The Kier molecular flexibility index (Phi) is 5.91. The van der Waals surface area contributed by atoms with Crippen molar-refractivity contribution in [2.24, 2.45) is 62.4 Å². The summed E-state index contributed by atoms with van der Waals surface area (Å²) in [7, 11) is 0. The van der Waals surface area contributed by atoms with Gasteiger partial charge in [-0.15, -0.1) is 0 Å². The number of hydrogen-bond donors (Lipinski definition) is 1. The first-order valence-corrected chi connectivity index (χ1v) is 14.8. The molecule has 5 aliphatic rings. The van der Waals surface area contributed by atoms with Crippen LogP contribution in [0.4, 0.5) is 0 Å². The minimum atomic E-state index is -0.356. The number of carbonyl (C=O) groups is 2. The predicted molar refractivity (Wildman–Crippen MR) is 144 cm³/mol. The van der Waals surface area contributed by atoms with Gasteiger partial charge in [0, 0.05) is 12.3 Å². The third-order valence-electron chi connectivity index (χ3n) is 13.7. The van der Waals surface area contributed by atoms with Gasteiger partial charge in [-0.3, -0.25) is 9.59 Å². The maximum absolute atomic E-state index is 13.1. The van der Waals surface area contributed by atoms with Crippen molar-refractivity contribution in [2.75, 3.05) is 0 Å². The van der Waals surface area contributed by atoms with E-state index in [-0.39, 0.29) is 51.0 Å². The van der Waals surface area contributed by atoms with Crippen LogP contribution in [-0.2, 0) is 14.3 Å². The zero-order valence-electron chi connectivity index (χ0n) is 24.2. The van der Waals surface area contributed by atoms with Crippen LogP contribution in [0.1, 0.15) is 113 Å². The van der Waals surface area contributed by atoms with Crippen molar-refractivity contribution >= 4 is 11.9 Å². The van der Waals surface area contributed by atoms with E-state index in [2.05, 4.69) is 54.5 Å². The summed E-state index contributed by atoms with van der Waals surface area (Å²) in [6, 6.07) is 0. The number of primary amides is 1. The fourth-order valence-electron chi connectivity index (χ4n) is 11.3. The van der Waals surface area contributed by atoms with E-state index in [9.17, 15) is 9.59 Å². The van der Waals surface area contributed by atoms with Crippen molar-refractivity contribution in [2.45, 2.75) is 119 Å². The van der Waals surface area contributed by atoms with Gasteiger partial charge in [0.25, 0.3) is 0 Å². The second kappa shape index (κ2) is 8.09. The Hall–Kier alpha value is -1.32. The van der Waals surface area contributed by atoms with Crippen LogP contribution < -0.4 is 5.73 Å². The fourth-order valence-corrected chi connectivity index (χ4v) is 11.3. The topological polar surface area (TPSA) is 69.4 Å². The molecule has 0 aromatic heterocycles. The average molecular weight is 498 g/mol. The van der Waals surface area contributed by atoms with E-state index in [0.717, 1.165) is 44.9 Å². The van der Waals surface area contributed by atoms with E-state index in [4.69, 9.17) is 10.5 Å². The summed E-state index contributed by atoms with van der Waals surface area (Å²) in [5.74, 6) is 2.35. The van der Waals surface area contributed by atoms with Crippen molar-refractivity contribution in [3.05, 3.63) is 11.6 Å². The van der Waals surface area contributed by atoms with E-state index in [1.165, 1.54) is 12.8 Å². The zero-order chi connectivity index (χ0) is 26.5. The molecule has 2 N–H and O–H groups in total. The number of rotatable bonds is 2. The molecular weight excluding hydrogens is 446 g/mol. The number of amides is 1. The zero-order valence-corrected chi connectivity index (χ0v) is 24.2. The summed E-state index contributed by atoms with van der Waals surface area (Å²) in [6.07, 6.45) is 12.3. The van der Waals surface area contributed by atoms with Gasteiger partial charge in [0.1, 0.15) is 6.10 Å². The lowest BCUT2D eigenvalue weighted by Gasteiger charge is -2.71. The van der Waals surface area contributed by atoms with E-state index in [1.807, 2.05) is 0 Å². The molecule has 202 valence electrons. The molecule has 5 rings (SSSR count). The monoisotopic (exact) mass is 497 g/mol. The van der Waals surface area contributed by atoms with Gasteiger partial charge in [-0.05, 0) is 104 Å². The molecule has 4 fully saturated rings. The average Bonchev–Trinajstić information content (AvgIpc) is 2.78. The highest BCUT2D eigenvalue weighted by Crippen LogP contribution is 2.75. The molecule has 0 radical (unpaired) electrons. The molecule has 0 heterocycles. The third kappa shape index (κ3) is 3.17. The Bertz CT molecular complexity index is 984. The van der Waals surface area contributed by atoms with Crippen LogP contribution >= 0.6 is 0 Å². The number of fused-ring (bicyclic) bond motifs is 7. The van der Waals surface area contributed by atoms with Crippen LogP contribution in [0, 0.1) is 56.7 Å². The number of hydrogen-bond acceptors (Lipinski definition) is 3. The summed E-state index contributed by atoms with van der Waals surface area (Å²) < 4.78 is 5.89. The normalized spacial score (nSPS) is 51.5. The maximum atomic E-state index is 13.1. The first-order valence-electron chi connectivity index (χ1n) is 14.8. The molecule has 0 saturated heterocycles. The SMILES string of the molecule is CC(=O)O[C@H]1CC[C@]2(C)[C@H]3CC=C4[C@@H]5[C@@H](C)[C@H](C)CC[C@]5(C(N)=O)CC[C@@]4(C)[C@]3(C)CC[C@H]2C1(C)C. The van der Waals surface area contributed by atoms with Gasteiger partial charge >= 0.3 is 5.97 Å². The van der Waals surface area contributed by atoms with E-state index in [0.29, 0.717) is 23.7 Å². The summed E-state index contributed by atoms with van der Waals surface area (Å²) >= 11 is 0. The molecule has 36 heavy (non-hydrogen) atoms. The number of ether oxygens (including phenoxy) is 1.